The second kappa shape index (κ2) is 8.81. The first-order valence-electron chi connectivity index (χ1n) is 8.02. The molecule has 0 radical (unpaired) electrons. The van der Waals surface area contributed by atoms with Gasteiger partial charge in [0.1, 0.15) is 0 Å². The second-order valence-electron chi connectivity index (χ2n) is 5.70. The first-order chi connectivity index (χ1) is 11.5. The monoisotopic (exact) mass is 331 g/mol. The van der Waals surface area contributed by atoms with Crippen molar-refractivity contribution in [2.75, 3.05) is 5.32 Å². The van der Waals surface area contributed by atoms with Crippen LogP contribution in [0.1, 0.15) is 55.3 Å². The number of anilines is 1. The first kappa shape index (κ1) is 17.7. The molecule has 1 aliphatic rings. The number of carboxylic acids is 1. The van der Waals surface area contributed by atoms with Gasteiger partial charge in [-0.25, -0.2) is 5.43 Å². The molecule has 0 atom stereocenters. The van der Waals surface area contributed by atoms with Crippen molar-refractivity contribution in [2.24, 2.45) is 5.10 Å². The lowest BCUT2D eigenvalue weighted by molar-refractivity contribution is -0.138. The number of nitrogens with one attached hydrogen (secondary N) is 2. The van der Waals surface area contributed by atoms with E-state index in [0.717, 1.165) is 31.4 Å². The van der Waals surface area contributed by atoms with E-state index in [0.29, 0.717) is 11.3 Å². The lowest BCUT2D eigenvalue weighted by Gasteiger charge is -2.12. The molecule has 0 heterocycles. The maximum absolute atomic E-state index is 12.0. The van der Waals surface area contributed by atoms with Crippen LogP contribution in [-0.2, 0) is 9.59 Å². The highest BCUT2D eigenvalue weighted by atomic mass is 16.4. The quantitative estimate of drug-likeness (QED) is 0.696. The summed E-state index contributed by atoms with van der Waals surface area (Å²) in [7, 11) is 0. The van der Waals surface area contributed by atoms with E-state index in [1.165, 1.54) is 6.42 Å². The van der Waals surface area contributed by atoms with Gasteiger partial charge in [-0.2, -0.15) is 5.10 Å². The molecule has 7 heteroatoms. The average molecular weight is 331 g/mol. The number of hydrazone groups is 1. The van der Waals surface area contributed by atoms with Crippen LogP contribution in [0.15, 0.2) is 29.4 Å². The van der Waals surface area contributed by atoms with Gasteiger partial charge in [0, 0.05) is 23.4 Å². The van der Waals surface area contributed by atoms with Crippen LogP contribution in [-0.4, -0.2) is 28.6 Å². The van der Waals surface area contributed by atoms with Crippen molar-refractivity contribution in [1.82, 2.24) is 5.43 Å². The van der Waals surface area contributed by atoms with Gasteiger partial charge in [-0.15, -0.1) is 0 Å². The Bertz CT molecular complexity index is 630. The Balaban J connectivity index is 1.85. The summed E-state index contributed by atoms with van der Waals surface area (Å²) in [4.78, 5) is 34.0. The normalized spacial score (nSPS) is 13.9. The van der Waals surface area contributed by atoms with E-state index in [-0.39, 0.29) is 24.7 Å². The van der Waals surface area contributed by atoms with Crippen molar-refractivity contribution in [3.05, 3.63) is 29.8 Å². The first-order valence-corrected chi connectivity index (χ1v) is 8.02. The van der Waals surface area contributed by atoms with Gasteiger partial charge >= 0.3 is 5.97 Å². The third kappa shape index (κ3) is 5.83. The Hall–Kier alpha value is -2.70. The number of hydrogen-bond acceptors (Lipinski definition) is 4. The van der Waals surface area contributed by atoms with E-state index < -0.39 is 5.97 Å². The highest BCUT2D eigenvalue weighted by molar-refractivity contribution is 5.97. The minimum absolute atomic E-state index is 0.0882. The molecule has 128 valence electrons. The zero-order valence-electron chi connectivity index (χ0n) is 13.4. The van der Waals surface area contributed by atoms with Gasteiger partial charge in [0.25, 0.3) is 5.91 Å². The van der Waals surface area contributed by atoms with Crippen LogP contribution < -0.4 is 10.7 Å². The van der Waals surface area contributed by atoms with Crippen molar-refractivity contribution in [3.63, 3.8) is 0 Å². The molecule has 0 aromatic heterocycles. The number of nitrogens with zero attached hydrogens (tertiary/aromatic N) is 1. The maximum atomic E-state index is 12.0. The summed E-state index contributed by atoms with van der Waals surface area (Å²) in [5, 5.41) is 15.3. The summed E-state index contributed by atoms with van der Waals surface area (Å²) in [5.41, 5.74) is 4.54. The van der Waals surface area contributed by atoms with E-state index >= 15 is 0 Å². The predicted molar refractivity (Wildman–Crippen MR) is 89.9 cm³/mol. The van der Waals surface area contributed by atoms with Crippen LogP contribution in [0.25, 0.3) is 0 Å². The lowest BCUT2D eigenvalue weighted by Crippen LogP contribution is -2.20. The van der Waals surface area contributed by atoms with Crippen molar-refractivity contribution < 1.29 is 19.5 Å². The molecule has 2 rings (SSSR count). The van der Waals surface area contributed by atoms with Crippen LogP contribution in [0.5, 0.6) is 0 Å². The summed E-state index contributed by atoms with van der Waals surface area (Å²) in [6, 6.07) is 6.37. The standard InChI is InChI=1S/C17H21N3O4/c21-15(10-11-16(22)23)18-13-8-6-12(7-9-13)17(24)20-19-14-4-2-1-3-5-14/h6-9H,1-5,10-11H2,(H,18,21)(H,20,24)(H,22,23). The largest absolute Gasteiger partial charge is 0.481 e. The van der Waals surface area contributed by atoms with Gasteiger partial charge < -0.3 is 10.4 Å². The smallest absolute Gasteiger partial charge is 0.303 e. The van der Waals surface area contributed by atoms with E-state index in [2.05, 4.69) is 15.8 Å². The summed E-state index contributed by atoms with van der Waals surface area (Å²) in [6.45, 7) is 0. The molecular weight excluding hydrogens is 310 g/mol. The highest BCUT2D eigenvalue weighted by Gasteiger charge is 2.10. The Kier molecular flexibility index (Phi) is 6.48. The number of carboxylic acid groups (broad SMARTS) is 1. The van der Waals surface area contributed by atoms with Gasteiger partial charge in [-0.1, -0.05) is 6.42 Å². The number of carbonyl (C=O) groups is 3. The Morgan fingerprint density at radius 2 is 1.67 bits per heavy atom. The number of benzene rings is 1. The molecule has 0 aliphatic heterocycles. The lowest BCUT2D eigenvalue weighted by atomic mass is 9.99. The zero-order chi connectivity index (χ0) is 17.4. The van der Waals surface area contributed by atoms with Crippen molar-refractivity contribution >= 4 is 29.2 Å². The van der Waals surface area contributed by atoms with Crippen LogP contribution in [0.3, 0.4) is 0 Å². The number of hydrogen-bond donors (Lipinski definition) is 3. The van der Waals surface area contributed by atoms with Crippen LogP contribution in [0.4, 0.5) is 5.69 Å². The molecule has 0 bridgehead atoms. The summed E-state index contributed by atoms with van der Waals surface area (Å²) >= 11 is 0. The Labute approximate surface area is 140 Å². The molecule has 3 N–H and O–H groups in total. The fourth-order valence-electron chi connectivity index (χ4n) is 2.41. The maximum Gasteiger partial charge on any atom is 0.303 e. The van der Waals surface area contributed by atoms with Crippen molar-refractivity contribution in [2.45, 2.75) is 44.9 Å². The predicted octanol–water partition coefficient (Wildman–Crippen LogP) is 2.54. The Morgan fingerprint density at radius 1 is 1.00 bits per heavy atom. The van der Waals surface area contributed by atoms with Gasteiger partial charge in [0.05, 0.1) is 6.42 Å². The van der Waals surface area contributed by atoms with Crippen LogP contribution >= 0.6 is 0 Å². The van der Waals surface area contributed by atoms with Gasteiger partial charge in [0.15, 0.2) is 0 Å². The average Bonchev–Trinajstić information content (AvgIpc) is 2.59. The molecule has 0 saturated heterocycles. The molecule has 1 saturated carbocycles. The minimum Gasteiger partial charge on any atom is -0.481 e. The van der Waals surface area contributed by atoms with Crippen LogP contribution in [0, 0.1) is 0 Å². The number of amides is 2. The fraction of sp³-hybridized carbons (Fsp3) is 0.412. The van der Waals surface area contributed by atoms with E-state index in [4.69, 9.17) is 5.11 Å². The van der Waals surface area contributed by atoms with Crippen molar-refractivity contribution in [1.29, 1.82) is 0 Å². The molecule has 1 aromatic rings. The summed E-state index contributed by atoms with van der Waals surface area (Å²) in [6.07, 6.45) is 5.01. The van der Waals surface area contributed by atoms with Crippen LogP contribution in [0.2, 0.25) is 0 Å². The van der Waals surface area contributed by atoms with Gasteiger partial charge in [-0.3, -0.25) is 14.4 Å². The highest BCUT2D eigenvalue weighted by Crippen LogP contribution is 2.14. The molecule has 0 spiro atoms. The molecule has 0 unspecified atom stereocenters. The molecule has 1 aromatic carbocycles. The molecular formula is C17H21N3O4. The van der Waals surface area contributed by atoms with E-state index in [1.54, 1.807) is 24.3 Å². The molecule has 1 aliphatic carbocycles. The summed E-state index contributed by atoms with van der Waals surface area (Å²) < 4.78 is 0. The summed E-state index contributed by atoms with van der Waals surface area (Å²) in [5.74, 6) is -1.69. The third-order valence-corrected chi connectivity index (χ3v) is 3.74. The van der Waals surface area contributed by atoms with Crippen molar-refractivity contribution in [3.8, 4) is 0 Å². The molecule has 2 amide bonds. The zero-order valence-corrected chi connectivity index (χ0v) is 13.4. The minimum atomic E-state index is -1.02. The number of carbonyl (C=O) groups excluding carboxylic acids is 2. The van der Waals surface area contributed by atoms with E-state index in [9.17, 15) is 14.4 Å². The topological polar surface area (TPSA) is 108 Å². The molecule has 1 fully saturated rings. The molecule has 7 nitrogen and oxygen atoms in total. The number of aliphatic carboxylic acids is 1. The van der Waals surface area contributed by atoms with E-state index in [1.807, 2.05) is 0 Å². The second-order valence-corrected chi connectivity index (χ2v) is 5.70. The Morgan fingerprint density at radius 3 is 2.29 bits per heavy atom. The number of rotatable bonds is 6. The molecule has 24 heavy (non-hydrogen) atoms. The van der Waals surface area contributed by atoms with Gasteiger partial charge in [-0.05, 0) is 49.9 Å². The third-order valence-electron chi connectivity index (χ3n) is 3.74. The fourth-order valence-corrected chi connectivity index (χ4v) is 2.41. The SMILES string of the molecule is O=C(O)CCC(=O)Nc1ccc(C(=O)NN=C2CCCCC2)cc1. The van der Waals surface area contributed by atoms with Gasteiger partial charge in [0.2, 0.25) is 5.91 Å².